The van der Waals surface area contributed by atoms with E-state index in [4.69, 9.17) is 4.99 Å². The fraction of sp³-hybridized carbons (Fsp3) is 0.560. The number of allylic oxidation sites excluding steroid dienone is 6. The highest BCUT2D eigenvalue weighted by Crippen LogP contribution is 2.34. The monoisotopic (exact) mass is 395 g/mol. The molecule has 0 aromatic rings. The first-order chi connectivity index (χ1) is 14.0. The quantitative estimate of drug-likeness (QED) is 0.346. The summed E-state index contributed by atoms with van der Waals surface area (Å²) in [5, 5.41) is 19.2. The second-order valence-corrected chi connectivity index (χ2v) is 7.57. The summed E-state index contributed by atoms with van der Waals surface area (Å²) in [6, 6.07) is 2.35. The molecule has 0 heterocycles. The number of hydrogen-bond acceptors (Lipinski definition) is 4. The highest BCUT2D eigenvalue weighted by atomic mass is 16.3. The van der Waals surface area contributed by atoms with Gasteiger partial charge in [-0.1, -0.05) is 50.5 Å². The Morgan fingerprint density at radius 3 is 2.45 bits per heavy atom. The van der Waals surface area contributed by atoms with Gasteiger partial charge < -0.3 is 5.11 Å². The zero-order valence-electron chi connectivity index (χ0n) is 18.6. The van der Waals surface area contributed by atoms with Crippen molar-refractivity contribution in [1.82, 2.24) is 0 Å². The van der Waals surface area contributed by atoms with Gasteiger partial charge in [-0.3, -0.25) is 9.98 Å². The van der Waals surface area contributed by atoms with E-state index in [9.17, 15) is 10.4 Å². The predicted octanol–water partition coefficient (Wildman–Crippen LogP) is 5.97. The van der Waals surface area contributed by atoms with E-state index in [-0.39, 0.29) is 6.61 Å². The zero-order valence-corrected chi connectivity index (χ0v) is 18.6. The van der Waals surface area contributed by atoms with E-state index in [1.807, 2.05) is 45.9 Å². The molecular formula is C25H37N3O. The van der Waals surface area contributed by atoms with E-state index in [2.05, 4.69) is 17.6 Å². The van der Waals surface area contributed by atoms with Crippen LogP contribution in [0, 0.1) is 23.2 Å². The molecule has 0 bridgehead atoms. The van der Waals surface area contributed by atoms with Crippen LogP contribution in [0.25, 0.3) is 0 Å². The van der Waals surface area contributed by atoms with Crippen molar-refractivity contribution in [3.63, 3.8) is 0 Å². The Balaban J connectivity index is 3.14. The van der Waals surface area contributed by atoms with E-state index >= 15 is 0 Å². The van der Waals surface area contributed by atoms with Crippen LogP contribution < -0.4 is 0 Å². The first-order valence-corrected chi connectivity index (χ1v) is 10.7. The summed E-state index contributed by atoms with van der Waals surface area (Å²) in [7, 11) is 0. The molecule has 1 unspecified atom stereocenters. The minimum absolute atomic E-state index is 0.145. The summed E-state index contributed by atoms with van der Waals surface area (Å²) in [5.41, 5.74) is 4.10. The number of rotatable bonds is 11. The molecule has 1 N–H and O–H groups in total. The molecule has 0 radical (unpaired) electrons. The molecule has 0 aliphatic heterocycles. The molecule has 1 saturated carbocycles. The number of nitrogens with zero attached hydrogens (tertiary/aromatic N) is 3. The van der Waals surface area contributed by atoms with Crippen LogP contribution in [0.1, 0.15) is 66.2 Å². The number of aliphatic imine (C=N–C) groups is 2. The summed E-state index contributed by atoms with van der Waals surface area (Å²) in [6.07, 6.45) is 14.2. The third-order valence-corrected chi connectivity index (χ3v) is 5.53. The second-order valence-electron chi connectivity index (χ2n) is 7.57. The van der Waals surface area contributed by atoms with Crippen LogP contribution in [0.4, 0.5) is 0 Å². The molecule has 1 rings (SSSR count). The third kappa shape index (κ3) is 7.59. The number of aliphatic hydroxyl groups excluding tert-OH is 1. The molecule has 0 spiro atoms. The van der Waals surface area contributed by atoms with Gasteiger partial charge >= 0.3 is 0 Å². The standard InChI is InChI=1S/C25H37N3O/c1-6-11-23(19(4)5)25(27-8-3)22(7-2)24(18-29)28-17-15-21(14-16-26)20-12-9-10-13-20/h6-8,11,20-21,29H,4,9-10,12-15,17-18H2,1-3,5H3/b11-6-,22-7+,25-23+,27-8?,28-24?. The summed E-state index contributed by atoms with van der Waals surface area (Å²) in [6.45, 7) is 12.3. The minimum atomic E-state index is -0.145. The fourth-order valence-electron chi connectivity index (χ4n) is 4.08. The minimum Gasteiger partial charge on any atom is -0.390 e. The van der Waals surface area contributed by atoms with Gasteiger partial charge in [0.2, 0.25) is 0 Å². The van der Waals surface area contributed by atoms with Crippen molar-refractivity contribution in [1.29, 1.82) is 5.26 Å². The Morgan fingerprint density at radius 2 is 1.97 bits per heavy atom. The van der Waals surface area contributed by atoms with Crippen LogP contribution in [0.5, 0.6) is 0 Å². The lowest BCUT2D eigenvalue weighted by Gasteiger charge is -2.20. The number of aliphatic hydroxyl groups is 1. The Morgan fingerprint density at radius 1 is 1.28 bits per heavy atom. The molecular weight excluding hydrogens is 358 g/mol. The maximum atomic E-state index is 10.0. The van der Waals surface area contributed by atoms with Crippen LogP contribution in [0.2, 0.25) is 0 Å². The van der Waals surface area contributed by atoms with Crippen LogP contribution >= 0.6 is 0 Å². The van der Waals surface area contributed by atoms with Crippen LogP contribution in [-0.4, -0.2) is 30.2 Å². The molecule has 158 valence electrons. The highest BCUT2D eigenvalue weighted by molar-refractivity contribution is 6.05. The van der Waals surface area contributed by atoms with Gasteiger partial charge in [-0.05, 0) is 51.5 Å². The molecule has 1 aliphatic carbocycles. The van der Waals surface area contributed by atoms with Gasteiger partial charge in [0.1, 0.15) is 0 Å². The Bertz CT molecular complexity index is 726. The number of hydrogen-bond donors (Lipinski definition) is 1. The fourth-order valence-corrected chi connectivity index (χ4v) is 4.08. The topological polar surface area (TPSA) is 68.7 Å². The van der Waals surface area contributed by atoms with E-state index in [0.717, 1.165) is 28.8 Å². The van der Waals surface area contributed by atoms with Crippen LogP contribution in [-0.2, 0) is 0 Å². The molecule has 29 heavy (non-hydrogen) atoms. The Labute approximate surface area is 177 Å². The lowest BCUT2D eigenvalue weighted by Crippen LogP contribution is -2.15. The summed E-state index contributed by atoms with van der Waals surface area (Å²) >= 11 is 0. The Kier molecular flexibility index (Phi) is 11.8. The summed E-state index contributed by atoms with van der Waals surface area (Å²) < 4.78 is 0. The molecule has 1 aliphatic rings. The van der Waals surface area contributed by atoms with Crippen molar-refractivity contribution in [3.8, 4) is 6.07 Å². The molecule has 4 nitrogen and oxygen atoms in total. The van der Waals surface area contributed by atoms with Crippen molar-refractivity contribution < 1.29 is 5.11 Å². The predicted molar refractivity (Wildman–Crippen MR) is 124 cm³/mol. The molecule has 0 amide bonds. The summed E-state index contributed by atoms with van der Waals surface area (Å²) in [5.74, 6) is 1.05. The average molecular weight is 396 g/mol. The maximum Gasteiger partial charge on any atom is 0.0855 e. The van der Waals surface area contributed by atoms with Crippen LogP contribution in [0.15, 0.2) is 57.2 Å². The average Bonchev–Trinajstić information content (AvgIpc) is 3.24. The largest absolute Gasteiger partial charge is 0.390 e. The highest BCUT2D eigenvalue weighted by Gasteiger charge is 2.24. The molecule has 4 heteroatoms. The maximum absolute atomic E-state index is 10.0. The molecule has 0 aromatic heterocycles. The van der Waals surface area contributed by atoms with Gasteiger partial charge in [0.15, 0.2) is 0 Å². The van der Waals surface area contributed by atoms with Crippen molar-refractivity contribution >= 4 is 11.9 Å². The van der Waals surface area contributed by atoms with Crippen molar-refractivity contribution in [2.45, 2.75) is 66.2 Å². The summed E-state index contributed by atoms with van der Waals surface area (Å²) in [4.78, 5) is 9.32. The SMILES string of the molecule is C=C(C)C(/C=C\C)=C(N=CC)\C(=C\C)C(CO)=NCCC(CC#N)C1CCCC1. The lowest BCUT2D eigenvalue weighted by molar-refractivity contribution is 0.327. The van der Waals surface area contributed by atoms with Crippen molar-refractivity contribution in [2.24, 2.45) is 21.8 Å². The van der Waals surface area contributed by atoms with Crippen molar-refractivity contribution in [2.75, 3.05) is 13.2 Å². The van der Waals surface area contributed by atoms with E-state index in [1.54, 1.807) is 6.21 Å². The zero-order chi connectivity index (χ0) is 21.6. The smallest absolute Gasteiger partial charge is 0.0855 e. The van der Waals surface area contributed by atoms with Gasteiger partial charge in [0, 0.05) is 30.3 Å². The van der Waals surface area contributed by atoms with E-state index in [1.165, 1.54) is 25.7 Å². The lowest BCUT2D eigenvalue weighted by atomic mass is 9.86. The first-order valence-electron chi connectivity index (χ1n) is 10.7. The first kappa shape index (κ1) is 24.8. The van der Waals surface area contributed by atoms with Gasteiger partial charge in [0.05, 0.1) is 24.1 Å². The normalized spacial score (nSPS) is 18.3. The molecule has 0 aromatic carbocycles. The van der Waals surface area contributed by atoms with E-state index < -0.39 is 0 Å². The van der Waals surface area contributed by atoms with Gasteiger partial charge in [-0.2, -0.15) is 5.26 Å². The molecule has 0 saturated heterocycles. The molecule has 1 atom stereocenters. The third-order valence-electron chi connectivity index (χ3n) is 5.53. The van der Waals surface area contributed by atoms with Gasteiger partial charge in [-0.25, -0.2) is 0 Å². The number of nitriles is 1. The van der Waals surface area contributed by atoms with Crippen molar-refractivity contribution in [3.05, 3.63) is 47.2 Å². The van der Waals surface area contributed by atoms with Crippen LogP contribution in [0.3, 0.4) is 0 Å². The Hall–Kier alpha value is -2.25. The van der Waals surface area contributed by atoms with Gasteiger partial charge in [0.25, 0.3) is 0 Å². The molecule has 1 fully saturated rings. The van der Waals surface area contributed by atoms with E-state index in [0.29, 0.717) is 30.5 Å². The second kappa shape index (κ2) is 13.8. The van der Waals surface area contributed by atoms with Gasteiger partial charge in [-0.15, -0.1) is 0 Å².